The number of nitrogens with one attached hydrogen (secondary N) is 1. The Morgan fingerprint density at radius 3 is 2.24 bits per heavy atom. The summed E-state index contributed by atoms with van der Waals surface area (Å²) in [4.78, 5) is 12.6. The molecule has 0 saturated heterocycles. The second kappa shape index (κ2) is 8.48. The lowest BCUT2D eigenvalue weighted by molar-refractivity contribution is 0.417. The number of aromatic nitrogens is 3. The van der Waals surface area contributed by atoms with E-state index in [0.29, 0.717) is 5.92 Å². The molecular formula is C29H37N3O. The van der Waals surface area contributed by atoms with E-state index >= 15 is 0 Å². The Hall–Kier alpha value is -2.88. The second-order valence-electron chi connectivity index (χ2n) is 11.3. The van der Waals surface area contributed by atoms with Crippen LogP contribution >= 0.6 is 0 Å². The van der Waals surface area contributed by atoms with E-state index in [1.807, 2.05) is 6.92 Å². The molecule has 1 fully saturated rings. The molecule has 0 unspecified atom stereocenters. The normalized spacial score (nSPS) is 14.3. The van der Waals surface area contributed by atoms with Crippen molar-refractivity contribution in [1.29, 1.82) is 0 Å². The van der Waals surface area contributed by atoms with E-state index in [1.54, 1.807) is 7.11 Å². The van der Waals surface area contributed by atoms with Crippen molar-refractivity contribution in [3.05, 3.63) is 65.1 Å². The van der Waals surface area contributed by atoms with Gasteiger partial charge in [0.1, 0.15) is 11.6 Å². The molecular weight excluding hydrogens is 406 g/mol. The number of ether oxygens (including phenoxy) is 1. The lowest BCUT2D eigenvalue weighted by atomic mass is 9.87. The van der Waals surface area contributed by atoms with Gasteiger partial charge in [0.05, 0.1) is 29.4 Å². The summed E-state index contributed by atoms with van der Waals surface area (Å²) in [7, 11) is 1.74. The van der Waals surface area contributed by atoms with Crippen LogP contribution in [0.25, 0.3) is 21.9 Å². The van der Waals surface area contributed by atoms with E-state index in [4.69, 9.17) is 9.72 Å². The molecule has 0 radical (unpaired) electrons. The minimum Gasteiger partial charge on any atom is -0.496 e. The molecule has 2 heterocycles. The highest BCUT2D eigenvalue weighted by molar-refractivity contribution is 5.88. The molecule has 1 N–H and O–H groups in total. The largest absolute Gasteiger partial charge is 0.496 e. The number of methoxy groups -OCH3 is 1. The molecule has 1 saturated carbocycles. The molecule has 0 bridgehead atoms. The van der Waals surface area contributed by atoms with Crippen molar-refractivity contribution in [2.45, 2.75) is 78.1 Å². The number of aromatic amines is 1. The number of rotatable bonds is 2. The van der Waals surface area contributed by atoms with Crippen molar-refractivity contribution in [2.24, 2.45) is 0 Å². The quantitative estimate of drug-likeness (QED) is 0.347. The van der Waals surface area contributed by atoms with E-state index in [9.17, 15) is 0 Å². The van der Waals surface area contributed by atoms with Gasteiger partial charge in [-0.3, -0.25) is 4.98 Å². The topological polar surface area (TPSA) is 50.8 Å². The monoisotopic (exact) mass is 443 g/mol. The summed E-state index contributed by atoms with van der Waals surface area (Å²) in [6.07, 6.45) is 2.59. The highest BCUT2D eigenvalue weighted by Gasteiger charge is 2.27. The number of nitrogens with zero attached hydrogens (tertiary/aromatic N) is 2. The van der Waals surface area contributed by atoms with Gasteiger partial charge < -0.3 is 9.72 Å². The van der Waals surface area contributed by atoms with Gasteiger partial charge in [0, 0.05) is 16.9 Å². The third-order valence-corrected chi connectivity index (χ3v) is 6.30. The molecule has 4 heteroatoms. The van der Waals surface area contributed by atoms with Gasteiger partial charge in [-0.25, -0.2) is 4.98 Å². The van der Waals surface area contributed by atoms with E-state index in [2.05, 4.69) is 94.0 Å². The predicted octanol–water partition coefficient (Wildman–Crippen LogP) is 7.59. The summed E-state index contributed by atoms with van der Waals surface area (Å²) in [6, 6.07) is 15.0. The Bertz CT molecular complexity index is 1280. The molecule has 174 valence electrons. The van der Waals surface area contributed by atoms with Crippen molar-refractivity contribution in [2.75, 3.05) is 7.11 Å². The van der Waals surface area contributed by atoms with Crippen molar-refractivity contribution in [3.8, 4) is 5.75 Å². The Balaban J connectivity index is 0.000000165. The number of benzene rings is 2. The molecule has 0 aliphatic heterocycles. The number of para-hydroxylation sites is 1. The van der Waals surface area contributed by atoms with E-state index < -0.39 is 0 Å². The smallest absolute Gasteiger partial charge is 0.130 e. The first-order chi connectivity index (χ1) is 15.5. The fourth-order valence-corrected chi connectivity index (χ4v) is 4.12. The van der Waals surface area contributed by atoms with E-state index in [1.165, 1.54) is 24.0 Å². The Morgan fingerprint density at radius 1 is 0.909 bits per heavy atom. The zero-order valence-electron chi connectivity index (χ0n) is 21.3. The molecule has 0 atom stereocenters. The maximum Gasteiger partial charge on any atom is 0.130 e. The maximum absolute atomic E-state index is 5.58. The Kier molecular flexibility index (Phi) is 5.98. The van der Waals surface area contributed by atoms with Crippen LogP contribution in [0.1, 0.15) is 82.9 Å². The van der Waals surface area contributed by atoms with Crippen LogP contribution in [0.4, 0.5) is 0 Å². The van der Waals surface area contributed by atoms with Crippen LogP contribution in [0.3, 0.4) is 0 Å². The molecule has 2 aromatic heterocycles. The average Bonchev–Trinajstić information content (AvgIpc) is 3.51. The molecule has 33 heavy (non-hydrogen) atoms. The minimum absolute atomic E-state index is 0.0398. The van der Waals surface area contributed by atoms with Crippen LogP contribution in [-0.2, 0) is 10.8 Å². The summed E-state index contributed by atoms with van der Waals surface area (Å²) in [5.41, 5.74) is 7.39. The molecule has 1 aliphatic rings. The molecule has 1 aliphatic carbocycles. The van der Waals surface area contributed by atoms with Crippen LogP contribution in [0.2, 0.25) is 0 Å². The number of hydrogen-bond donors (Lipinski definition) is 1. The number of hydrogen-bond acceptors (Lipinski definition) is 3. The Morgan fingerprint density at radius 2 is 1.64 bits per heavy atom. The third kappa shape index (κ3) is 5.05. The summed E-state index contributed by atoms with van der Waals surface area (Å²) in [5.74, 6) is 2.62. The van der Waals surface area contributed by atoms with Crippen LogP contribution in [-0.4, -0.2) is 22.1 Å². The molecule has 4 aromatic rings. The molecule has 0 amide bonds. The number of H-pyrrole nitrogens is 1. The number of aryl methyl sites for hydroxylation is 1. The summed E-state index contributed by atoms with van der Waals surface area (Å²) < 4.78 is 5.58. The zero-order valence-corrected chi connectivity index (χ0v) is 21.3. The van der Waals surface area contributed by atoms with Gasteiger partial charge in [-0.05, 0) is 60.4 Å². The van der Waals surface area contributed by atoms with Crippen molar-refractivity contribution < 1.29 is 4.74 Å². The van der Waals surface area contributed by atoms with Gasteiger partial charge in [0.2, 0.25) is 0 Å². The van der Waals surface area contributed by atoms with Gasteiger partial charge >= 0.3 is 0 Å². The van der Waals surface area contributed by atoms with Crippen LogP contribution in [0, 0.1) is 6.92 Å². The fourth-order valence-electron chi connectivity index (χ4n) is 4.12. The maximum atomic E-state index is 5.58. The first-order valence-corrected chi connectivity index (χ1v) is 11.9. The lowest BCUT2D eigenvalue weighted by Gasteiger charge is -2.20. The van der Waals surface area contributed by atoms with Crippen molar-refractivity contribution >= 4 is 21.9 Å². The first kappa shape index (κ1) is 23.3. The molecule has 5 rings (SSSR count). The summed E-state index contributed by atoms with van der Waals surface area (Å²) in [6.45, 7) is 15.2. The standard InChI is InChI=1S/C17H21NO.C12H16N2/c1-17(2,3)15-10-14(19-4)13-7-5-6-12(11-8-9-11)16(13)18-15;1-8-13-10-6-5-9(12(2,3)4)7-11(10)14-8/h5-7,10-11H,8-9H2,1-4H3;5-7H,1-4H3,(H,13,14). The number of fused-ring (bicyclic) bond motifs is 2. The summed E-state index contributed by atoms with van der Waals surface area (Å²) >= 11 is 0. The fraction of sp³-hybridized carbons (Fsp3) is 0.448. The third-order valence-electron chi connectivity index (χ3n) is 6.30. The van der Waals surface area contributed by atoms with Crippen molar-refractivity contribution in [3.63, 3.8) is 0 Å². The zero-order chi connectivity index (χ0) is 24.0. The SMILES string of the molecule is COc1cc(C(C)(C)C)nc2c(C3CC3)cccc12.Cc1nc2ccc(C(C)(C)C)cc2[nH]1. The number of pyridine rings is 1. The molecule has 0 spiro atoms. The van der Waals surface area contributed by atoms with Gasteiger partial charge in [-0.15, -0.1) is 0 Å². The van der Waals surface area contributed by atoms with Crippen LogP contribution < -0.4 is 4.74 Å². The lowest BCUT2D eigenvalue weighted by Crippen LogP contribution is -2.14. The highest BCUT2D eigenvalue weighted by atomic mass is 16.5. The molecule has 4 nitrogen and oxygen atoms in total. The Labute approximate surface area is 197 Å². The average molecular weight is 444 g/mol. The van der Waals surface area contributed by atoms with E-state index in [0.717, 1.165) is 39.2 Å². The predicted molar refractivity (Wildman–Crippen MR) is 139 cm³/mol. The highest BCUT2D eigenvalue weighted by Crippen LogP contribution is 2.44. The second-order valence-corrected chi connectivity index (χ2v) is 11.3. The van der Waals surface area contributed by atoms with Gasteiger partial charge in [-0.2, -0.15) is 0 Å². The first-order valence-electron chi connectivity index (χ1n) is 11.9. The van der Waals surface area contributed by atoms with Crippen molar-refractivity contribution in [1.82, 2.24) is 15.0 Å². The van der Waals surface area contributed by atoms with E-state index in [-0.39, 0.29) is 10.8 Å². The van der Waals surface area contributed by atoms with Gasteiger partial charge in [0.25, 0.3) is 0 Å². The van der Waals surface area contributed by atoms with Crippen LogP contribution in [0.5, 0.6) is 5.75 Å². The van der Waals surface area contributed by atoms with Gasteiger partial charge in [0.15, 0.2) is 0 Å². The number of imidazole rings is 1. The molecule has 2 aromatic carbocycles. The van der Waals surface area contributed by atoms with Gasteiger partial charge in [-0.1, -0.05) is 59.7 Å². The van der Waals surface area contributed by atoms with Crippen LogP contribution in [0.15, 0.2) is 42.5 Å². The minimum atomic E-state index is 0.0398. The summed E-state index contributed by atoms with van der Waals surface area (Å²) in [5, 5.41) is 1.14.